The Balaban J connectivity index is 2.50. The Labute approximate surface area is 73.0 Å². The van der Waals surface area contributed by atoms with Crippen LogP contribution < -0.4 is 0 Å². The highest BCUT2D eigenvalue weighted by Gasteiger charge is 2.54. The molecule has 1 rings (SSSR count). The molecule has 68 valence electrons. The summed E-state index contributed by atoms with van der Waals surface area (Å²) >= 11 is 0. The summed E-state index contributed by atoms with van der Waals surface area (Å²) < 4.78 is 5.18. The second kappa shape index (κ2) is 2.90. The maximum absolute atomic E-state index is 11.4. The highest BCUT2D eigenvalue weighted by Crippen LogP contribution is 2.36. The average molecular weight is 169 g/mol. The molecule has 3 heteroatoms. The summed E-state index contributed by atoms with van der Waals surface area (Å²) in [6.45, 7) is 3.72. The van der Waals surface area contributed by atoms with Crippen molar-refractivity contribution in [2.45, 2.75) is 25.6 Å². The molecule has 0 aromatic carbocycles. The molecule has 0 unspecified atom stereocenters. The fourth-order valence-electron chi connectivity index (χ4n) is 0.974. The number of ether oxygens (including phenoxy) is 1. The van der Waals surface area contributed by atoms with Crippen LogP contribution >= 0.6 is 0 Å². The smallest absolute Gasteiger partial charge is 0.191 e. The Morgan fingerprint density at radius 1 is 1.58 bits per heavy atom. The molecule has 0 saturated carbocycles. The molecule has 1 saturated heterocycles. The molecule has 1 aliphatic rings. The second-order valence-electron chi connectivity index (χ2n) is 3.51. The van der Waals surface area contributed by atoms with E-state index >= 15 is 0 Å². The summed E-state index contributed by atoms with van der Waals surface area (Å²) in [4.78, 5) is 13.2. The molecule has 1 fully saturated rings. The van der Waals surface area contributed by atoms with Gasteiger partial charge in [0.25, 0.3) is 0 Å². The van der Waals surface area contributed by atoms with Gasteiger partial charge in [-0.1, -0.05) is 0 Å². The Bertz CT molecular complexity index is 223. The summed E-state index contributed by atoms with van der Waals surface area (Å²) in [6, 6.07) is 0. The molecule has 0 aromatic rings. The van der Waals surface area contributed by atoms with Gasteiger partial charge in [0.15, 0.2) is 11.4 Å². The molecule has 0 amide bonds. The Hall–Kier alpha value is -0.830. The summed E-state index contributed by atoms with van der Waals surface area (Å²) in [7, 11) is 3.76. The van der Waals surface area contributed by atoms with Crippen molar-refractivity contribution in [2.75, 3.05) is 14.1 Å². The molecule has 1 heterocycles. The lowest BCUT2D eigenvalue weighted by Gasteiger charge is -2.04. The van der Waals surface area contributed by atoms with E-state index in [0.717, 1.165) is 0 Å². The van der Waals surface area contributed by atoms with Gasteiger partial charge in [0.1, 0.15) is 0 Å². The summed E-state index contributed by atoms with van der Waals surface area (Å²) in [5, 5.41) is 0. The van der Waals surface area contributed by atoms with Crippen molar-refractivity contribution in [2.24, 2.45) is 0 Å². The number of carbonyl (C=O) groups is 1. The fourth-order valence-corrected chi connectivity index (χ4v) is 0.974. The number of ketones is 1. The number of hydrogen-bond donors (Lipinski definition) is 0. The molecule has 0 aliphatic carbocycles. The Morgan fingerprint density at radius 2 is 2.08 bits per heavy atom. The van der Waals surface area contributed by atoms with Crippen molar-refractivity contribution in [3.63, 3.8) is 0 Å². The van der Waals surface area contributed by atoms with Gasteiger partial charge in [0, 0.05) is 26.4 Å². The van der Waals surface area contributed by atoms with Crippen LogP contribution in [0.1, 0.15) is 13.8 Å². The first-order chi connectivity index (χ1) is 5.47. The summed E-state index contributed by atoms with van der Waals surface area (Å²) in [5.74, 6) is 0.0451. The first-order valence-corrected chi connectivity index (χ1v) is 4.03. The van der Waals surface area contributed by atoms with Crippen molar-refractivity contribution in [3.05, 3.63) is 12.3 Å². The highest BCUT2D eigenvalue weighted by molar-refractivity contribution is 5.99. The molecule has 0 radical (unpaired) electrons. The van der Waals surface area contributed by atoms with Gasteiger partial charge in [-0.05, 0) is 13.8 Å². The minimum absolute atomic E-state index is 0.0451. The maximum atomic E-state index is 11.4. The number of hydrogen-bond acceptors (Lipinski definition) is 3. The zero-order chi connectivity index (χ0) is 9.35. The highest BCUT2D eigenvalue weighted by atomic mass is 16.6. The van der Waals surface area contributed by atoms with Gasteiger partial charge >= 0.3 is 0 Å². The van der Waals surface area contributed by atoms with Gasteiger partial charge in [0.2, 0.25) is 0 Å². The van der Waals surface area contributed by atoms with Crippen LogP contribution in [0.5, 0.6) is 0 Å². The molecule has 12 heavy (non-hydrogen) atoms. The third-order valence-electron chi connectivity index (χ3n) is 2.15. The first-order valence-electron chi connectivity index (χ1n) is 4.03. The van der Waals surface area contributed by atoms with E-state index in [4.69, 9.17) is 4.74 Å². The zero-order valence-corrected chi connectivity index (χ0v) is 8.00. The normalized spacial score (nSPS) is 33.8. The van der Waals surface area contributed by atoms with Crippen LogP contribution in [0.2, 0.25) is 0 Å². The summed E-state index contributed by atoms with van der Waals surface area (Å²) in [5.41, 5.74) is -0.549. The third-order valence-corrected chi connectivity index (χ3v) is 2.15. The van der Waals surface area contributed by atoms with E-state index < -0.39 is 5.60 Å². The largest absolute Gasteiger partial charge is 0.383 e. The number of epoxide rings is 1. The quantitative estimate of drug-likeness (QED) is 0.463. The lowest BCUT2D eigenvalue weighted by atomic mass is 10.0. The van der Waals surface area contributed by atoms with Gasteiger partial charge < -0.3 is 9.64 Å². The van der Waals surface area contributed by atoms with Crippen LogP contribution in [-0.2, 0) is 9.53 Å². The molecular formula is C9H15NO2. The monoisotopic (exact) mass is 169 g/mol. The number of carbonyl (C=O) groups excluding carboxylic acids is 1. The predicted octanol–water partition coefficient (Wildman–Crippen LogP) is 0.808. The van der Waals surface area contributed by atoms with Gasteiger partial charge in [-0.15, -0.1) is 0 Å². The van der Waals surface area contributed by atoms with Crippen molar-refractivity contribution in [1.82, 2.24) is 4.90 Å². The third kappa shape index (κ3) is 1.67. The van der Waals surface area contributed by atoms with E-state index in [0.29, 0.717) is 0 Å². The van der Waals surface area contributed by atoms with E-state index in [2.05, 4.69) is 0 Å². The predicted molar refractivity (Wildman–Crippen MR) is 46.8 cm³/mol. The average Bonchev–Trinajstić information content (AvgIpc) is 2.56. The standard InChI is InChI=1S/C9H15NO2/c1-7-9(2,12-7)8(11)5-6-10(3)4/h5-7H,1-4H3/b6-5+/t7-,9+/m1/s1. The van der Waals surface area contributed by atoms with E-state index in [1.165, 1.54) is 0 Å². The topological polar surface area (TPSA) is 32.8 Å². The number of nitrogens with zero attached hydrogens (tertiary/aromatic N) is 1. The lowest BCUT2D eigenvalue weighted by molar-refractivity contribution is -0.118. The van der Waals surface area contributed by atoms with Gasteiger partial charge in [-0.3, -0.25) is 4.79 Å². The van der Waals surface area contributed by atoms with Crippen LogP contribution in [-0.4, -0.2) is 36.5 Å². The van der Waals surface area contributed by atoms with Crippen LogP contribution in [0.15, 0.2) is 12.3 Å². The van der Waals surface area contributed by atoms with E-state index in [1.807, 2.05) is 32.8 Å². The minimum atomic E-state index is -0.549. The molecule has 2 atom stereocenters. The van der Waals surface area contributed by atoms with Gasteiger partial charge in [-0.25, -0.2) is 0 Å². The van der Waals surface area contributed by atoms with Crippen LogP contribution in [0.3, 0.4) is 0 Å². The van der Waals surface area contributed by atoms with E-state index in [9.17, 15) is 4.79 Å². The SMILES string of the molecule is C[C@H]1O[C@]1(C)C(=O)/C=C/N(C)C. The fraction of sp³-hybridized carbons (Fsp3) is 0.667. The van der Waals surface area contributed by atoms with Gasteiger partial charge in [-0.2, -0.15) is 0 Å². The second-order valence-corrected chi connectivity index (χ2v) is 3.51. The van der Waals surface area contributed by atoms with E-state index in [-0.39, 0.29) is 11.9 Å². The van der Waals surface area contributed by atoms with Crippen LogP contribution in [0, 0.1) is 0 Å². The van der Waals surface area contributed by atoms with Gasteiger partial charge in [0.05, 0.1) is 6.10 Å². The Morgan fingerprint density at radius 3 is 2.42 bits per heavy atom. The van der Waals surface area contributed by atoms with Crippen molar-refractivity contribution >= 4 is 5.78 Å². The summed E-state index contributed by atoms with van der Waals surface area (Å²) in [6.07, 6.45) is 3.36. The molecule has 1 aliphatic heterocycles. The molecule has 0 spiro atoms. The molecule has 0 aromatic heterocycles. The molecule has 0 N–H and O–H groups in total. The van der Waals surface area contributed by atoms with Crippen LogP contribution in [0.25, 0.3) is 0 Å². The van der Waals surface area contributed by atoms with E-state index in [1.54, 1.807) is 12.3 Å². The first kappa shape index (κ1) is 9.26. The van der Waals surface area contributed by atoms with Crippen LogP contribution in [0.4, 0.5) is 0 Å². The number of rotatable bonds is 3. The lowest BCUT2D eigenvalue weighted by Crippen LogP contribution is -2.21. The van der Waals surface area contributed by atoms with Crippen molar-refractivity contribution in [1.29, 1.82) is 0 Å². The van der Waals surface area contributed by atoms with Crippen molar-refractivity contribution in [3.8, 4) is 0 Å². The maximum Gasteiger partial charge on any atom is 0.191 e. The molecular weight excluding hydrogens is 154 g/mol. The molecule has 3 nitrogen and oxygen atoms in total. The molecule has 0 bridgehead atoms. The minimum Gasteiger partial charge on any atom is -0.383 e. The zero-order valence-electron chi connectivity index (χ0n) is 8.00. The Kier molecular flexibility index (Phi) is 2.24. The van der Waals surface area contributed by atoms with Crippen molar-refractivity contribution < 1.29 is 9.53 Å².